The number of thiazole rings is 1. The van der Waals surface area contributed by atoms with Gasteiger partial charge in [0, 0.05) is 23.0 Å². The Balaban J connectivity index is 2.37. The first-order valence-corrected chi connectivity index (χ1v) is 11.3. The molecule has 0 amide bonds. The van der Waals surface area contributed by atoms with E-state index in [1.807, 2.05) is 41.9 Å². The highest BCUT2D eigenvalue weighted by atomic mass is 32.1. The molecule has 0 saturated heterocycles. The van der Waals surface area contributed by atoms with Gasteiger partial charge in [-0.05, 0) is 19.4 Å². The minimum absolute atomic E-state index is 0.164. The first-order chi connectivity index (χ1) is 11.2. The van der Waals surface area contributed by atoms with E-state index in [1.54, 1.807) is 11.3 Å². The van der Waals surface area contributed by atoms with Crippen molar-refractivity contribution in [1.82, 2.24) is 10.3 Å². The summed E-state index contributed by atoms with van der Waals surface area (Å²) in [6, 6.07) is 9.98. The monoisotopic (exact) mass is 350 g/mol. The van der Waals surface area contributed by atoms with Crippen molar-refractivity contribution in [2.75, 3.05) is 12.7 Å². The molecule has 0 saturated carbocycles. The Morgan fingerprint density at radius 1 is 1.17 bits per heavy atom. The molecule has 2 aromatic rings. The lowest BCUT2D eigenvalue weighted by Crippen LogP contribution is -2.27. The molecule has 1 heterocycles. The van der Waals surface area contributed by atoms with Crippen molar-refractivity contribution in [3.8, 4) is 0 Å². The predicted molar refractivity (Wildman–Crippen MR) is 101 cm³/mol. The zero-order valence-electron chi connectivity index (χ0n) is 14.1. The third-order valence-corrected chi connectivity index (χ3v) is 8.44. The van der Waals surface area contributed by atoms with E-state index in [-0.39, 0.29) is 5.78 Å². The van der Waals surface area contributed by atoms with Crippen LogP contribution in [0, 0.1) is 0 Å². The predicted octanol–water partition coefficient (Wildman–Crippen LogP) is 5.02. The maximum Gasteiger partial charge on any atom is 0.138 e. The topological polar surface area (TPSA) is 42.0 Å². The molecular weight excluding hydrogens is 323 g/mol. The van der Waals surface area contributed by atoms with E-state index in [1.165, 1.54) is 0 Å². The van der Waals surface area contributed by atoms with Crippen LogP contribution in [-0.4, -0.2) is 17.7 Å². The van der Waals surface area contributed by atoms with E-state index in [0.717, 1.165) is 48.7 Å². The van der Waals surface area contributed by atoms with Crippen molar-refractivity contribution < 1.29 is 4.57 Å². The summed E-state index contributed by atoms with van der Waals surface area (Å²) in [5, 5.41) is 7.45. The molecule has 2 rings (SSSR count). The van der Waals surface area contributed by atoms with Crippen molar-refractivity contribution in [3.63, 3.8) is 0 Å². The second-order valence-electron chi connectivity index (χ2n) is 5.79. The van der Waals surface area contributed by atoms with Gasteiger partial charge < -0.3 is 9.88 Å². The zero-order chi connectivity index (χ0) is 16.5. The van der Waals surface area contributed by atoms with Crippen molar-refractivity contribution in [1.29, 1.82) is 0 Å². The summed E-state index contributed by atoms with van der Waals surface area (Å²) in [7, 11) is -2.59. The molecule has 126 valence electrons. The standard InChI is InChI=1S/C18H27N2OPS/c1-3-5-12-19-17(18-20-13-15-23-18)22(21,14-6-4-2)16-10-8-7-9-11-16/h7-11,13,15,17,19H,3-6,12,14H2,1-2H3. The quantitative estimate of drug-likeness (QED) is 0.483. The minimum Gasteiger partial charge on any atom is -0.317 e. The molecule has 0 radical (unpaired) electrons. The van der Waals surface area contributed by atoms with Crippen LogP contribution in [0.25, 0.3) is 0 Å². The molecule has 0 bridgehead atoms. The second kappa shape index (κ2) is 9.36. The summed E-state index contributed by atoms with van der Waals surface area (Å²) in [6.07, 6.45) is 6.78. The molecule has 1 N–H and O–H groups in total. The minimum atomic E-state index is -2.59. The normalized spacial score (nSPS) is 15.2. The van der Waals surface area contributed by atoms with Crippen molar-refractivity contribution in [2.45, 2.75) is 45.3 Å². The van der Waals surface area contributed by atoms with Gasteiger partial charge in [-0.25, -0.2) is 4.98 Å². The van der Waals surface area contributed by atoms with Crippen LogP contribution in [0.15, 0.2) is 41.9 Å². The van der Waals surface area contributed by atoms with E-state index in [9.17, 15) is 4.57 Å². The summed E-state index contributed by atoms with van der Waals surface area (Å²) >= 11 is 1.60. The van der Waals surface area contributed by atoms with Gasteiger partial charge in [0.15, 0.2) is 0 Å². The van der Waals surface area contributed by atoms with E-state index >= 15 is 0 Å². The number of unbranched alkanes of at least 4 members (excludes halogenated alkanes) is 2. The Hall–Kier alpha value is -0.960. The van der Waals surface area contributed by atoms with Gasteiger partial charge in [0.2, 0.25) is 0 Å². The third-order valence-electron chi connectivity index (χ3n) is 4.01. The van der Waals surface area contributed by atoms with Gasteiger partial charge in [-0.15, -0.1) is 11.3 Å². The molecule has 3 nitrogen and oxygen atoms in total. The highest BCUT2D eigenvalue weighted by Crippen LogP contribution is 2.57. The van der Waals surface area contributed by atoms with Crippen molar-refractivity contribution in [2.24, 2.45) is 0 Å². The fourth-order valence-electron chi connectivity index (χ4n) is 2.68. The van der Waals surface area contributed by atoms with Gasteiger partial charge in [-0.3, -0.25) is 0 Å². The molecule has 0 spiro atoms. The van der Waals surface area contributed by atoms with E-state index in [2.05, 4.69) is 24.1 Å². The SMILES string of the molecule is CCCCNC(c1nccs1)P(=O)(CCCC)c1ccccc1. The van der Waals surface area contributed by atoms with E-state index in [4.69, 9.17) is 0 Å². The molecule has 5 heteroatoms. The highest BCUT2D eigenvalue weighted by molar-refractivity contribution is 7.72. The fraction of sp³-hybridized carbons (Fsp3) is 0.500. The lowest BCUT2D eigenvalue weighted by molar-refractivity contribution is 0.544. The molecule has 0 aliphatic carbocycles. The Kier molecular flexibility index (Phi) is 7.48. The average Bonchev–Trinajstić information content (AvgIpc) is 3.11. The lowest BCUT2D eigenvalue weighted by atomic mass is 10.3. The summed E-state index contributed by atoms with van der Waals surface area (Å²) in [5.74, 6) is -0.164. The molecule has 23 heavy (non-hydrogen) atoms. The largest absolute Gasteiger partial charge is 0.317 e. The molecule has 1 aromatic heterocycles. The summed E-state index contributed by atoms with van der Waals surface area (Å²) < 4.78 is 14.1. The lowest BCUT2D eigenvalue weighted by Gasteiger charge is -2.28. The van der Waals surface area contributed by atoms with E-state index < -0.39 is 7.14 Å². The fourth-order valence-corrected chi connectivity index (χ4v) is 7.09. The van der Waals surface area contributed by atoms with Crippen LogP contribution in [0.5, 0.6) is 0 Å². The molecule has 0 aliphatic heterocycles. The van der Waals surface area contributed by atoms with Crippen LogP contribution in [0.1, 0.15) is 50.3 Å². The van der Waals surface area contributed by atoms with Gasteiger partial charge in [0.25, 0.3) is 0 Å². The summed E-state index contributed by atoms with van der Waals surface area (Å²) in [5.41, 5.74) is 0. The van der Waals surface area contributed by atoms with Gasteiger partial charge in [0.1, 0.15) is 17.9 Å². The molecule has 2 atom stereocenters. The number of nitrogens with one attached hydrogen (secondary N) is 1. The first kappa shape index (κ1) is 18.4. The summed E-state index contributed by atoms with van der Waals surface area (Å²) in [4.78, 5) is 4.48. The second-order valence-corrected chi connectivity index (χ2v) is 9.79. The van der Waals surface area contributed by atoms with Crippen LogP contribution < -0.4 is 10.6 Å². The molecule has 0 aliphatic rings. The van der Waals surface area contributed by atoms with Crippen LogP contribution in [0.4, 0.5) is 0 Å². The van der Waals surface area contributed by atoms with Crippen LogP contribution >= 0.6 is 18.5 Å². The number of rotatable bonds is 10. The molecule has 0 fully saturated rings. The number of hydrogen-bond acceptors (Lipinski definition) is 4. The maximum atomic E-state index is 14.1. The van der Waals surface area contributed by atoms with Gasteiger partial charge in [-0.1, -0.05) is 57.0 Å². The van der Waals surface area contributed by atoms with Crippen LogP contribution in [0.2, 0.25) is 0 Å². The Labute approximate surface area is 143 Å². The van der Waals surface area contributed by atoms with Gasteiger partial charge in [0.05, 0.1) is 0 Å². The van der Waals surface area contributed by atoms with Crippen LogP contribution in [-0.2, 0) is 4.57 Å². The Morgan fingerprint density at radius 2 is 1.91 bits per heavy atom. The smallest absolute Gasteiger partial charge is 0.138 e. The summed E-state index contributed by atoms with van der Waals surface area (Å²) in [6.45, 7) is 5.20. The number of aromatic nitrogens is 1. The number of benzene rings is 1. The van der Waals surface area contributed by atoms with Crippen molar-refractivity contribution in [3.05, 3.63) is 46.9 Å². The average molecular weight is 350 g/mol. The third kappa shape index (κ3) is 4.76. The highest BCUT2D eigenvalue weighted by Gasteiger charge is 2.36. The molecule has 1 aromatic carbocycles. The first-order valence-electron chi connectivity index (χ1n) is 8.49. The Bertz CT molecular complexity index is 601. The maximum absolute atomic E-state index is 14.1. The molecular formula is C18H27N2OPS. The number of nitrogens with zero attached hydrogens (tertiary/aromatic N) is 1. The molecule has 2 unspecified atom stereocenters. The van der Waals surface area contributed by atoms with E-state index in [0.29, 0.717) is 0 Å². The van der Waals surface area contributed by atoms with Gasteiger partial charge >= 0.3 is 0 Å². The zero-order valence-corrected chi connectivity index (χ0v) is 15.8. The van der Waals surface area contributed by atoms with Crippen molar-refractivity contribution >= 4 is 23.8 Å². The Morgan fingerprint density at radius 3 is 2.52 bits per heavy atom. The number of hydrogen-bond donors (Lipinski definition) is 1. The van der Waals surface area contributed by atoms with Gasteiger partial charge in [-0.2, -0.15) is 0 Å². The van der Waals surface area contributed by atoms with Crippen LogP contribution in [0.3, 0.4) is 0 Å².